The van der Waals surface area contributed by atoms with Crippen LogP contribution in [-0.4, -0.2) is 47.0 Å². The number of phosphoric acid groups is 1. The number of aromatic nitrogens is 1. The summed E-state index contributed by atoms with van der Waals surface area (Å²) >= 11 is 0. The number of rotatable bonds is 7. The predicted molar refractivity (Wildman–Crippen MR) is 83.9 cm³/mol. The van der Waals surface area contributed by atoms with Gasteiger partial charge in [-0.05, 0) is 38.2 Å². The van der Waals surface area contributed by atoms with Crippen LogP contribution in [0.2, 0.25) is 0 Å². The Bertz CT molecular complexity index is 692. The van der Waals surface area contributed by atoms with Crippen LogP contribution >= 0.6 is 7.82 Å². The van der Waals surface area contributed by atoms with Crippen LogP contribution in [-0.2, 0) is 22.2 Å². The van der Waals surface area contributed by atoms with E-state index in [-0.39, 0.29) is 6.73 Å². The molecule has 0 saturated heterocycles. The van der Waals surface area contributed by atoms with Gasteiger partial charge in [0.05, 0.1) is 12.6 Å². The summed E-state index contributed by atoms with van der Waals surface area (Å²) in [6.45, 7) is 0.667. The second kappa shape index (κ2) is 6.81. The van der Waals surface area contributed by atoms with Gasteiger partial charge in [-0.15, -0.1) is 0 Å². The maximum atomic E-state index is 10.9. The lowest BCUT2D eigenvalue weighted by Gasteiger charge is -2.08. The van der Waals surface area contributed by atoms with Crippen LogP contribution in [0, 0.1) is 0 Å². The molecule has 1 heterocycles. The van der Waals surface area contributed by atoms with Gasteiger partial charge in [-0.2, -0.15) is 0 Å². The van der Waals surface area contributed by atoms with Gasteiger partial charge in [-0.25, -0.2) is 4.57 Å². The summed E-state index contributed by atoms with van der Waals surface area (Å²) in [5, 5.41) is 1.02. The normalized spacial score (nSPS) is 12.3. The number of ether oxygens (including phenoxy) is 1. The molecule has 0 aliphatic heterocycles. The van der Waals surface area contributed by atoms with Crippen molar-refractivity contribution in [3.63, 3.8) is 0 Å². The van der Waals surface area contributed by atoms with E-state index in [1.54, 1.807) is 11.7 Å². The molecule has 0 saturated carbocycles. The fourth-order valence-corrected chi connectivity index (χ4v) is 2.54. The SMILES string of the molecule is COc1ccc2c(CCN(C)C)cn(COP(=O)(O)O)c2c1. The van der Waals surface area contributed by atoms with Gasteiger partial charge in [0.1, 0.15) is 12.5 Å². The number of nitrogens with zero attached hydrogens (tertiary/aromatic N) is 2. The Kier molecular flexibility index (Phi) is 5.26. The minimum absolute atomic E-state index is 0.212. The summed E-state index contributed by atoms with van der Waals surface area (Å²) in [6.07, 6.45) is 2.70. The Labute approximate surface area is 129 Å². The summed E-state index contributed by atoms with van der Waals surface area (Å²) in [5.74, 6) is 0.683. The lowest BCUT2D eigenvalue weighted by atomic mass is 10.1. The Morgan fingerprint density at radius 3 is 2.64 bits per heavy atom. The Morgan fingerprint density at radius 1 is 1.32 bits per heavy atom. The molecule has 8 heteroatoms. The van der Waals surface area contributed by atoms with Crippen molar-refractivity contribution in [3.05, 3.63) is 30.0 Å². The summed E-state index contributed by atoms with van der Waals surface area (Å²) < 4.78 is 22.4. The number of methoxy groups -OCH3 is 1. The zero-order valence-corrected chi connectivity index (χ0v) is 13.8. The molecule has 22 heavy (non-hydrogen) atoms. The van der Waals surface area contributed by atoms with E-state index in [4.69, 9.17) is 14.5 Å². The van der Waals surface area contributed by atoms with Gasteiger partial charge in [-0.3, -0.25) is 4.52 Å². The molecule has 0 atom stereocenters. The summed E-state index contributed by atoms with van der Waals surface area (Å²) in [7, 11) is 1.07. The number of likely N-dealkylation sites (N-methyl/N-ethyl adjacent to an activating group) is 1. The third-order valence-electron chi connectivity index (χ3n) is 3.37. The number of fused-ring (bicyclic) bond motifs is 1. The van der Waals surface area contributed by atoms with Crippen molar-refractivity contribution in [1.82, 2.24) is 9.47 Å². The lowest BCUT2D eigenvalue weighted by molar-refractivity contribution is 0.156. The minimum atomic E-state index is -4.51. The van der Waals surface area contributed by atoms with Crippen LogP contribution in [0.4, 0.5) is 0 Å². The third kappa shape index (κ3) is 4.32. The Balaban J connectivity index is 2.37. The van der Waals surface area contributed by atoms with E-state index in [0.29, 0.717) is 5.75 Å². The summed E-state index contributed by atoms with van der Waals surface area (Å²) in [6, 6.07) is 5.65. The molecule has 0 amide bonds. The van der Waals surface area contributed by atoms with Crippen molar-refractivity contribution in [3.8, 4) is 5.75 Å². The van der Waals surface area contributed by atoms with Gasteiger partial charge in [0.25, 0.3) is 0 Å². The lowest BCUT2D eigenvalue weighted by Crippen LogP contribution is -2.14. The van der Waals surface area contributed by atoms with E-state index in [1.165, 1.54) is 0 Å². The Morgan fingerprint density at radius 2 is 2.05 bits per heavy atom. The molecule has 0 spiro atoms. The molecule has 0 aliphatic carbocycles. The first-order valence-corrected chi connectivity index (χ1v) is 8.34. The highest BCUT2D eigenvalue weighted by Crippen LogP contribution is 2.37. The van der Waals surface area contributed by atoms with Crippen molar-refractivity contribution in [2.75, 3.05) is 27.7 Å². The molecule has 2 N–H and O–H groups in total. The molecule has 0 radical (unpaired) electrons. The van der Waals surface area contributed by atoms with Crippen LogP contribution in [0.3, 0.4) is 0 Å². The maximum absolute atomic E-state index is 10.9. The number of benzene rings is 1. The molecule has 7 nitrogen and oxygen atoms in total. The van der Waals surface area contributed by atoms with E-state index in [2.05, 4.69) is 9.42 Å². The molecular weight excluding hydrogens is 307 g/mol. The summed E-state index contributed by atoms with van der Waals surface area (Å²) in [4.78, 5) is 19.8. The van der Waals surface area contributed by atoms with Gasteiger partial charge >= 0.3 is 7.82 Å². The molecule has 1 aromatic carbocycles. The third-order valence-corrected chi connectivity index (χ3v) is 3.82. The highest BCUT2D eigenvalue weighted by atomic mass is 31.2. The molecule has 0 aliphatic rings. The van der Waals surface area contributed by atoms with Crippen molar-refractivity contribution in [1.29, 1.82) is 0 Å². The highest BCUT2D eigenvalue weighted by Gasteiger charge is 2.16. The average molecular weight is 328 g/mol. The zero-order valence-electron chi connectivity index (χ0n) is 12.9. The fourth-order valence-electron chi connectivity index (χ4n) is 2.26. The van der Waals surface area contributed by atoms with Crippen molar-refractivity contribution < 1.29 is 23.6 Å². The van der Waals surface area contributed by atoms with Crippen molar-refractivity contribution in [2.45, 2.75) is 13.2 Å². The first kappa shape index (κ1) is 17.0. The van der Waals surface area contributed by atoms with Gasteiger partial charge in [0.15, 0.2) is 0 Å². The van der Waals surface area contributed by atoms with Crippen molar-refractivity contribution >= 4 is 18.7 Å². The van der Waals surface area contributed by atoms with E-state index in [0.717, 1.165) is 29.4 Å². The van der Waals surface area contributed by atoms with Gasteiger partial charge in [0, 0.05) is 24.2 Å². The second-order valence-electron chi connectivity index (χ2n) is 5.31. The molecule has 1 aromatic heterocycles. The van der Waals surface area contributed by atoms with E-state index in [9.17, 15) is 4.57 Å². The van der Waals surface area contributed by atoms with Crippen LogP contribution in [0.5, 0.6) is 5.75 Å². The maximum Gasteiger partial charge on any atom is 0.471 e. The van der Waals surface area contributed by atoms with E-state index >= 15 is 0 Å². The molecule has 0 fully saturated rings. The molecule has 0 bridgehead atoms. The molecular formula is C14H21N2O5P. The van der Waals surface area contributed by atoms with Crippen LogP contribution < -0.4 is 4.74 Å². The number of hydrogen-bond donors (Lipinski definition) is 2. The van der Waals surface area contributed by atoms with Gasteiger partial charge < -0.3 is 24.0 Å². The monoisotopic (exact) mass is 328 g/mol. The highest BCUT2D eigenvalue weighted by molar-refractivity contribution is 7.46. The molecule has 2 aromatic rings. The fraction of sp³-hybridized carbons (Fsp3) is 0.429. The topological polar surface area (TPSA) is 84.2 Å². The zero-order chi connectivity index (χ0) is 16.3. The molecule has 2 rings (SSSR count). The first-order chi connectivity index (χ1) is 10.3. The number of hydrogen-bond acceptors (Lipinski definition) is 4. The standard InChI is InChI=1S/C14H21N2O5P/c1-15(2)7-6-11-9-16(10-21-22(17,18)19)14-8-12(20-3)4-5-13(11)14/h4-5,8-9H,6-7,10H2,1-3H3,(H2,17,18,19). The molecule has 122 valence electrons. The quantitative estimate of drug-likeness (QED) is 0.754. The van der Waals surface area contributed by atoms with E-state index in [1.807, 2.05) is 38.5 Å². The van der Waals surface area contributed by atoms with Crippen molar-refractivity contribution in [2.24, 2.45) is 0 Å². The largest absolute Gasteiger partial charge is 0.497 e. The van der Waals surface area contributed by atoms with Crippen LogP contribution in [0.15, 0.2) is 24.4 Å². The Hall–Kier alpha value is -1.37. The van der Waals surface area contributed by atoms with Crippen LogP contribution in [0.25, 0.3) is 10.9 Å². The van der Waals surface area contributed by atoms with Crippen LogP contribution in [0.1, 0.15) is 5.56 Å². The minimum Gasteiger partial charge on any atom is -0.497 e. The summed E-state index contributed by atoms with van der Waals surface area (Å²) in [5.41, 5.74) is 1.92. The smallest absolute Gasteiger partial charge is 0.471 e. The predicted octanol–water partition coefficient (Wildman–Crippen LogP) is 1.82. The first-order valence-electron chi connectivity index (χ1n) is 6.81. The van der Waals surface area contributed by atoms with Gasteiger partial charge in [0.2, 0.25) is 0 Å². The van der Waals surface area contributed by atoms with Gasteiger partial charge in [-0.1, -0.05) is 0 Å². The average Bonchev–Trinajstić information content (AvgIpc) is 2.79. The molecule has 0 unspecified atom stereocenters. The number of phosphoric ester groups is 1. The second-order valence-corrected chi connectivity index (χ2v) is 6.55. The van der Waals surface area contributed by atoms with E-state index < -0.39 is 7.82 Å².